The number of carbonyl (C=O) groups excluding carboxylic acids is 3. The maximum absolute atomic E-state index is 12.3. The summed E-state index contributed by atoms with van der Waals surface area (Å²) in [6, 6.07) is 7.57. The summed E-state index contributed by atoms with van der Waals surface area (Å²) in [6.45, 7) is 0.721. The van der Waals surface area contributed by atoms with Gasteiger partial charge in [-0.1, -0.05) is 28.1 Å². The lowest BCUT2D eigenvalue weighted by Gasteiger charge is -2.13. The second kappa shape index (κ2) is 9.69. The van der Waals surface area contributed by atoms with Crippen LogP contribution in [0.3, 0.4) is 0 Å². The van der Waals surface area contributed by atoms with Gasteiger partial charge in [-0.15, -0.1) is 0 Å². The third-order valence-corrected chi connectivity index (χ3v) is 4.33. The molecule has 1 amide bonds. The molecule has 12 heteroatoms. The Hall–Kier alpha value is -3.67. The van der Waals surface area contributed by atoms with Gasteiger partial charge >= 0.3 is 5.97 Å². The van der Waals surface area contributed by atoms with E-state index in [0.717, 1.165) is 16.6 Å². The van der Waals surface area contributed by atoms with Crippen molar-refractivity contribution in [3.05, 3.63) is 78.3 Å². The fraction of sp³-hybridized carbons (Fsp3) is 0.167. The largest absolute Gasteiger partial charge is 0.456 e. The van der Waals surface area contributed by atoms with E-state index in [9.17, 15) is 34.6 Å². The third-order valence-electron chi connectivity index (χ3n) is 3.80. The minimum absolute atomic E-state index is 0.326. The van der Waals surface area contributed by atoms with Gasteiger partial charge in [-0.2, -0.15) is 0 Å². The molecule has 0 spiro atoms. The van der Waals surface area contributed by atoms with E-state index in [4.69, 9.17) is 4.74 Å². The number of nitro groups is 2. The number of halogens is 1. The second-order valence-electron chi connectivity index (χ2n) is 5.99. The Balaban J connectivity index is 2.01. The van der Waals surface area contributed by atoms with E-state index in [1.807, 2.05) is 0 Å². The normalized spacial score (nSPS) is 11.3. The van der Waals surface area contributed by atoms with Crippen molar-refractivity contribution in [3.63, 3.8) is 0 Å². The van der Waals surface area contributed by atoms with Crippen LogP contribution in [-0.4, -0.2) is 40.2 Å². The maximum Gasteiger partial charge on any atom is 0.328 e. The molecule has 0 fully saturated rings. The van der Waals surface area contributed by atoms with Crippen molar-refractivity contribution in [3.8, 4) is 0 Å². The smallest absolute Gasteiger partial charge is 0.328 e. The molecular formula is C18H14BrN3O8. The first kappa shape index (κ1) is 22.6. The number of esters is 1. The predicted octanol–water partition coefficient (Wildman–Crippen LogP) is 2.81. The maximum atomic E-state index is 12.3. The molecule has 0 radical (unpaired) electrons. The molecule has 0 saturated heterocycles. The molecule has 11 nitrogen and oxygen atoms in total. The van der Waals surface area contributed by atoms with E-state index in [0.29, 0.717) is 11.6 Å². The van der Waals surface area contributed by atoms with Crippen LogP contribution in [0.2, 0.25) is 0 Å². The van der Waals surface area contributed by atoms with E-state index >= 15 is 0 Å². The number of nitrogens with one attached hydrogen (secondary N) is 1. The molecular weight excluding hydrogens is 466 g/mol. The van der Waals surface area contributed by atoms with Crippen LogP contribution in [0, 0.1) is 20.2 Å². The number of hydrogen-bond donors (Lipinski definition) is 1. The van der Waals surface area contributed by atoms with Crippen LogP contribution in [0.15, 0.2) is 46.9 Å². The number of rotatable bonds is 8. The van der Waals surface area contributed by atoms with Crippen molar-refractivity contribution in [1.29, 1.82) is 0 Å². The molecule has 0 aliphatic heterocycles. The van der Waals surface area contributed by atoms with Gasteiger partial charge < -0.3 is 10.1 Å². The van der Waals surface area contributed by atoms with Gasteiger partial charge in [-0.25, -0.2) is 4.79 Å². The molecule has 156 valence electrons. The Labute approximate surface area is 177 Å². The number of amides is 1. The molecule has 0 heterocycles. The summed E-state index contributed by atoms with van der Waals surface area (Å²) in [6.07, 6.45) is 0. The molecule has 0 aliphatic carbocycles. The summed E-state index contributed by atoms with van der Waals surface area (Å²) in [5.41, 5.74) is -1.34. The van der Waals surface area contributed by atoms with Gasteiger partial charge in [0, 0.05) is 22.2 Å². The summed E-state index contributed by atoms with van der Waals surface area (Å²) < 4.78 is 5.65. The SMILES string of the molecule is CC(NC(=O)c1cc([N+](=O)[O-])cc([N+](=O)[O-])c1)C(=O)OCC(=O)c1ccc(Br)cc1. The quantitative estimate of drug-likeness (QED) is 0.261. The summed E-state index contributed by atoms with van der Waals surface area (Å²) in [5.74, 6) is -2.33. The number of hydrogen-bond acceptors (Lipinski definition) is 8. The van der Waals surface area contributed by atoms with Crippen LogP contribution < -0.4 is 5.32 Å². The van der Waals surface area contributed by atoms with Crippen LogP contribution >= 0.6 is 15.9 Å². The first-order valence-corrected chi connectivity index (χ1v) is 9.08. The van der Waals surface area contributed by atoms with Gasteiger partial charge in [0.2, 0.25) is 0 Å². The van der Waals surface area contributed by atoms with E-state index < -0.39 is 51.5 Å². The fourth-order valence-corrected chi connectivity index (χ4v) is 2.52. The summed E-state index contributed by atoms with van der Waals surface area (Å²) in [4.78, 5) is 56.4. The molecule has 1 N–H and O–H groups in total. The number of Topliss-reactive ketones (excluding diaryl/α,β-unsaturated/α-hetero) is 1. The molecule has 0 aromatic heterocycles. The van der Waals surface area contributed by atoms with Crippen molar-refractivity contribution in [2.45, 2.75) is 13.0 Å². The van der Waals surface area contributed by atoms with Crippen LogP contribution in [-0.2, 0) is 9.53 Å². The number of ketones is 1. The van der Waals surface area contributed by atoms with Crippen LogP contribution in [0.4, 0.5) is 11.4 Å². The first-order valence-electron chi connectivity index (χ1n) is 8.28. The molecule has 1 atom stereocenters. The lowest BCUT2D eigenvalue weighted by atomic mass is 10.1. The molecule has 0 aliphatic rings. The van der Waals surface area contributed by atoms with Gasteiger partial charge in [0.25, 0.3) is 17.3 Å². The molecule has 2 aromatic carbocycles. The van der Waals surface area contributed by atoms with Crippen LogP contribution in [0.1, 0.15) is 27.6 Å². The minimum Gasteiger partial charge on any atom is -0.456 e. The van der Waals surface area contributed by atoms with Crippen molar-refractivity contribution in [1.82, 2.24) is 5.32 Å². The molecule has 1 unspecified atom stereocenters. The Morgan fingerprint density at radius 1 is 1.00 bits per heavy atom. The van der Waals surface area contributed by atoms with Crippen molar-refractivity contribution in [2.75, 3.05) is 6.61 Å². The zero-order chi connectivity index (χ0) is 22.4. The van der Waals surface area contributed by atoms with Gasteiger partial charge in [0.1, 0.15) is 6.04 Å². The van der Waals surface area contributed by atoms with E-state index in [1.54, 1.807) is 24.3 Å². The molecule has 0 saturated carbocycles. The molecule has 2 aromatic rings. The second-order valence-corrected chi connectivity index (χ2v) is 6.90. The summed E-state index contributed by atoms with van der Waals surface area (Å²) in [7, 11) is 0. The number of benzene rings is 2. The molecule has 30 heavy (non-hydrogen) atoms. The van der Waals surface area contributed by atoms with Crippen LogP contribution in [0.25, 0.3) is 0 Å². The van der Waals surface area contributed by atoms with Crippen molar-refractivity contribution in [2.24, 2.45) is 0 Å². The highest BCUT2D eigenvalue weighted by Gasteiger charge is 2.23. The monoisotopic (exact) mass is 479 g/mol. The average molecular weight is 480 g/mol. The highest BCUT2D eigenvalue weighted by atomic mass is 79.9. The lowest BCUT2D eigenvalue weighted by Crippen LogP contribution is -2.40. The van der Waals surface area contributed by atoms with Crippen LogP contribution in [0.5, 0.6) is 0 Å². The highest BCUT2D eigenvalue weighted by molar-refractivity contribution is 9.10. The van der Waals surface area contributed by atoms with Crippen molar-refractivity contribution >= 4 is 45.0 Å². The highest BCUT2D eigenvalue weighted by Crippen LogP contribution is 2.22. The molecule has 2 rings (SSSR count). The summed E-state index contributed by atoms with van der Waals surface area (Å²) >= 11 is 3.23. The van der Waals surface area contributed by atoms with Gasteiger partial charge in [-0.3, -0.25) is 29.8 Å². The first-order chi connectivity index (χ1) is 14.1. The lowest BCUT2D eigenvalue weighted by molar-refractivity contribution is -0.394. The number of non-ortho nitro benzene ring substituents is 2. The average Bonchev–Trinajstić information content (AvgIpc) is 2.71. The zero-order valence-electron chi connectivity index (χ0n) is 15.4. The third kappa shape index (κ3) is 5.91. The van der Waals surface area contributed by atoms with Crippen molar-refractivity contribution < 1.29 is 29.0 Å². The van der Waals surface area contributed by atoms with Gasteiger partial charge in [-0.05, 0) is 19.1 Å². The minimum atomic E-state index is -1.21. The van der Waals surface area contributed by atoms with E-state index in [1.165, 1.54) is 6.92 Å². The number of nitro benzene ring substituents is 2. The predicted molar refractivity (Wildman–Crippen MR) is 106 cm³/mol. The number of ether oxygens (including phenoxy) is 1. The fourth-order valence-electron chi connectivity index (χ4n) is 2.26. The van der Waals surface area contributed by atoms with Gasteiger partial charge in [0.15, 0.2) is 12.4 Å². The van der Waals surface area contributed by atoms with E-state index in [-0.39, 0.29) is 5.56 Å². The zero-order valence-corrected chi connectivity index (χ0v) is 17.0. The Morgan fingerprint density at radius 3 is 2.03 bits per heavy atom. The number of carbonyl (C=O) groups is 3. The summed E-state index contributed by atoms with van der Waals surface area (Å²) in [5, 5.41) is 24.0. The van der Waals surface area contributed by atoms with Gasteiger partial charge in [0.05, 0.1) is 21.5 Å². The topological polar surface area (TPSA) is 159 Å². The standard InChI is InChI=1S/C18H14BrN3O8/c1-10(18(25)30-9-16(23)11-2-4-13(19)5-3-11)20-17(24)12-6-14(21(26)27)8-15(7-12)22(28)29/h2-8,10H,9H2,1H3,(H,20,24). The Bertz CT molecular complexity index is 990. The number of nitrogens with zero attached hydrogens (tertiary/aromatic N) is 2. The molecule has 0 bridgehead atoms. The Morgan fingerprint density at radius 2 is 1.53 bits per heavy atom. The van der Waals surface area contributed by atoms with E-state index in [2.05, 4.69) is 21.2 Å². The Kier molecular flexibility index (Phi) is 7.31.